The van der Waals surface area contributed by atoms with Crippen molar-refractivity contribution in [2.45, 2.75) is 31.9 Å². The summed E-state index contributed by atoms with van der Waals surface area (Å²) in [4.78, 5) is 14.3. The molecule has 0 N–H and O–H groups in total. The molecule has 1 amide bonds. The molecule has 4 rings (SSSR count). The predicted octanol–water partition coefficient (Wildman–Crippen LogP) is 2.54. The zero-order valence-corrected chi connectivity index (χ0v) is 12.6. The maximum Gasteiger partial charge on any atom is 0.252 e. The van der Waals surface area contributed by atoms with E-state index in [1.807, 2.05) is 0 Å². The average Bonchev–Trinajstić information content (AvgIpc) is 3.24. The lowest BCUT2D eigenvalue weighted by Crippen LogP contribution is -2.41. The standard InChI is InChI=1S/C17H17FN2O3/c18-13-5-2-1-4-11(13)16-12-10-20(8-7-14(12)23-19-16)17(21)15-6-3-9-22-15/h1-2,4-5,15H,3,6-10H2/t15-/m0/s1. The Morgan fingerprint density at radius 2 is 2.22 bits per heavy atom. The molecule has 2 aliphatic rings. The molecule has 0 aliphatic carbocycles. The number of hydrogen-bond acceptors (Lipinski definition) is 4. The van der Waals surface area contributed by atoms with Crippen LogP contribution in [-0.2, 0) is 22.5 Å². The van der Waals surface area contributed by atoms with Gasteiger partial charge in [-0.2, -0.15) is 0 Å². The Hall–Kier alpha value is -2.21. The van der Waals surface area contributed by atoms with Crippen molar-refractivity contribution < 1.29 is 18.4 Å². The summed E-state index contributed by atoms with van der Waals surface area (Å²) in [5.74, 6) is 0.402. The third kappa shape index (κ3) is 2.53. The average molecular weight is 316 g/mol. The topological polar surface area (TPSA) is 55.6 Å². The second kappa shape index (κ2) is 5.77. The largest absolute Gasteiger partial charge is 0.368 e. The van der Waals surface area contributed by atoms with Crippen LogP contribution in [0.2, 0.25) is 0 Å². The van der Waals surface area contributed by atoms with E-state index >= 15 is 0 Å². The quantitative estimate of drug-likeness (QED) is 0.854. The summed E-state index contributed by atoms with van der Waals surface area (Å²) in [7, 11) is 0. The minimum absolute atomic E-state index is 0.00818. The molecule has 0 spiro atoms. The number of hydrogen-bond donors (Lipinski definition) is 0. The van der Waals surface area contributed by atoms with Crippen molar-refractivity contribution in [1.82, 2.24) is 10.1 Å². The first-order valence-corrected chi connectivity index (χ1v) is 7.87. The van der Waals surface area contributed by atoms with E-state index in [1.54, 1.807) is 23.1 Å². The molecule has 0 bridgehead atoms. The highest BCUT2D eigenvalue weighted by molar-refractivity contribution is 5.81. The summed E-state index contributed by atoms with van der Waals surface area (Å²) in [5.41, 5.74) is 1.69. The van der Waals surface area contributed by atoms with E-state index in [0.717, 1.165) is 24.2 Å². The lowest BCUT2D eigenvalue weighted by molar-refractivity contribution is -0.141. The number of nitrogens with zero attached hydrogens (tertiary/aromatic N) is 2. The Kier molecular flexibility index (Phi) is 3.61. The van der Waals surface area contributed by atoms with Gasteiger partial charge >= 0.3 is 0 Å². The molecule has 1 aromatic heterocycles. The molecule has 23 heavy (non-hydrogen) atoms. The first-order chi connectivity index (χ1) is 11.2. The van der Waals surface area contributed by atoms with Crippen molar-refractivity contribution in [2.75, 3.05) is 13.2 Å². The Labute approximate surface area is 133 Å². The van der Waals surface area contributed by atoms with E-state index in [2.05, 4.69) is 5.16 Å². The fourth-order valence-electron chi connectivity index (χ4n) is 3.24. The third-order valence-corrected chi connectivity index (χ3v) is 4.47. The van der Waals surface area contributed by atoms with Crippen molar-refractivity contribution >= 4 is 5.91 Å². The molecule has 3 heterocycles. The third-order valence-electron chi connectivity index (χ3n) is 4.47. The monoisotopic (exact) mass is 316 g/mol. The number of amides is 1. The van der Waals surface area contributed by atoms with Crippen molar-refractivity contribution in [1.29, 1.82) is 0 Å². The van der Waals surface area contributed by atoms with Gasteiger partial charge in [0.1, 0.15) is 23.4 Å². The lowest BCUT2D eigenvalue weighted by atomic mass is 10.0. The first kappa shape index (κ1) is 14.4. The molecule has 0 radical (unpaired) electrons. The van der Waals surface area contributed by atoms with Crippen LogP contribution in [0.25, 0.3) is 11.3 Å². The van der Waals surface area contributed by atoms with Crippen LogP contribution < -0.4 is 0 Å². The Bertz CT molecular complexity index is 737. The van der Waals surface area contributed by atoms with Crippen molar-refractivity contribution in [3.63, 3.8) is 0 Å². The van der Waals surface area contributed by atoms with Crippen LogP contribution in [0.3, 0.4) is 0 Å². The van der Waals surface area contributed by atoms with E-state index < -0.39 is 0 Å². The van der Waals surface area contributed by atoms with Crippen LogP contribution in [-0.4, -0.2) is 35.2 Å². The van der Waals surface area contributed by atoms with Gasteiger partial charge in [-0.25, -0.2) is 4.39 Å². The highest BCUT2D eigenvalue weighted by Gasteiger charge is 2.33. The first-order valence-electron chi connectivity index (χ1n) is 7.87. The molecule has 0 saturated carbocycles. The van der Waals surface area contributed by atoms with Crippen LogP contribution in [0.5, 0.6) is 0 Å². The summed E-state index contributed by atoms with van der Waals surface area (Å²) >= 11 is 0. The molecule has 5 nitrogen and oxygen atoms in total. The fourth-order valence-corrected chi connectivity index (χ4v) is 3.24. The van der Waals surface area contributed by atoms with Gasteiger partial charge in [-0.1, -0.05) is 17.3 Å². The van der Waals surface area contributed by atoms with E-state index in [1.165, 1.54) is 6.07 Å². The Morgan fingerprint density at radius 3 is 3.00 bits per heavy atom. The van der Waals surface area contributed by atoms with Gasteiger partial charge in [0.05, 0.1) is 6.54 Å². The van der Waals surface area contributed by atoms with Gasteiger partial charge in [0.15, 0.2) is 0 Å². The highest BCUT2D eigenvalue weighted by Crippen LogP contribution is 2.32. The van der Waals surface area contributed by atoms with Gasteiger partial charge in [-0.15, -0.1) is 0 Å². The summed E-state index contributed by atoms with van der Waals surface area (Å²) in [6.07, 6.45) is 1.94. The molecule has 2 aromatic rings. The predicted molar refractivity (Wildman–Crippen MR) is 80.0 cm³/mol. The van der Waals surface area contributed by atoms with Crippen LogP contribution in [0.15, 0.2) is 28.8 Å². The fraction of sp³-hybridized carbons (Fsp3) is 0.412. The molecular weight excluding hydrogens is 299 g/mol. The van der Waals surface area contributed by atoms with Crippen LogP contribution in [0.4, 0.5) is 4.39 Å². The maximum absolute atomic E-state index is 14.0. The molecule has 1 aromatic carbocycles. The van der Waals surface area contributed by atoms with Crippen LogP contribution in [0, 0.1) is 5.82 Å². The van der Waals surface area contributed by atoms with Gasteiger partial charge in [0.25, 0.3) is 5.91 Å². The summed E-state index contributed by atoms with van der Waals surface area (Å²) in [5, 5.41) is 4.04. The van der Waals surface area contributed by atoms with Gasteiger partial charge < -0.3 is 14.2 Å². The molecule has 0 unspecified atom stereocenters. The van der Waals surface area contributed by atoms with E-state index in [9.17, 15) is 9.18 Å². The summed E-state index contributed by atoms with van der Waals surface area (Å²) in [6, 6.07) is 6.47. The zero-order valence-electron chi connectivity index (χ0n) is 12.6. The van der Waals surface area contributed by atoms with Gasteiger partial charge in [-0.3, -0.25) is 4.79 Å². The number of ether oxygens (including phenoxy) is 1. The van der Waals surface area contributed by atoms with Crippen LogP contribution >= 0.6 is 0 Å². The molecule has 6 heteroatoms. The van der Waals surface area contributed by atoms with E-state index in [0.29, 0.717) is 37.4 Å². The second-order valence-corrected chi connectivity index (χ2v) is 5.92. The molecule has 1 atom stereocenters. The van der Waals surface area contributed by atoms with E-state index in [4.69, 9.17) is 9.26 Å². The summed E-state index contributed by atoms with van der Waals surface area (Å²) < 4.78 is 24.9. The van der Waals surface area contributed by atoms with Gasteiger partial charge in [0, 0.05) is 30.7 Å². The van der Waals surface area contributed by atoms with Crippen molar-refractivity contribution in [2.24, 2.45) is 0 Å². The minimum atomic E-state index is -0.342. The smallest absolute Gasteiger partial charge is 0.252 e. The molecule has 120 valence electrons. The number of carbonyl (C=O) groups excluding carboxylic acids is 1. The summed E-state index contributed by atoms with van der Waals surface area (Å²) in [6.45, 7) is 1.61. The second-order valence-electron chi connectivity index (χ2n) is 5.92. The van der Waals surface area contributed by atoms with E-state index in [-0.39, 0.29) is 17.8 Å². The number of aromatic nitrogens is 1. The number of carbonyl (C=O) groups is 1. The molecule has 2 aliphatic heterocycles. The molecule has 1 saturated heterocycles. The number of benzene rings is 1. The SMILES string of the molecule is O=C([C@@H]1CCCO1)N1CCc2onc(-c3ccccc3F)c2C1. The zero-order chi connectivity index (χ0) is 15.8. The molecule has 1 fully saturated rings. The lowest BCUT2D eigenvalue weighted by Gasteiger charge is -2.28. The van der Waals surface area contributed by atoms with Gasteiger partial charge in [-0.05, 0) is 25.0 Å². The molecular formula is C17H17FN2O3. The van der Waals surface area contributed by atoms with Gasteiger partial charge in [0.2, 0.25) is 0 Å². The Balaban J connectivity index is 1.63. The number of rotatable bonds is 2. The Morgan fingerprint density at radius 1 is 1.35 bits per heavy atom. The minimum Gasteiger partial charge on any atom is -0.368 e. The van der Waals surface area contributed by atoms with Crippen molar-refractivity contribution in [3.05, 3.63) is 41.4 Å². The highest BCUT2D eigenvalue weighted by atomic mass is 19.1. The normalized spacial score (nSPS) is 20.6. The number of fused-ring (bicyclic) bond motifs is 1. The maximum atomic E-state index is 14.0. The van der Waals surface area contributed by atoms with Crippen LogP contribution in [0.1, 0.15) is 24.2 Å². The number of halogens is 1. The van der Waals surface area contributed by atoms with Crippen molar-refractivity contribution in [3.8, 4) is 11.3 Å².